The number of halogens is 2. The molecule has 0 unspecified atom stereocenters. The fourth-order valence-corrected chi connectivity index (χ4v) is 4.59. The molecule has 3 nitrogen and oxygen atoms in total. The van der Waals surface area contributed by atoms with Gasteiger partial charge >= 0.3 is 0 Å². The molecular weight excluding hydrogens is 337 g/mol. The highest BCUT2D eigenvalue weighted by Gasteiger charge is 2.22. The summed E-state index contributed by atoms with van der Waals surface area (Å²) in [6, 6.07) is 5.80. The number of nitrogens with one attached hydrogen (secondary N) is 1. The van der Waals surface area contributed by atoms with Crippen LogP contribution in [0.25, 0.3) is 10.2 Å². The van der Waals surface area contributed by atoms with Crippen LogP contribution in [0.15, 0.2) is 18.2 Å². The van der Waals surface area contributed by atoms with E-state index in [1.165, 1.54) is 16.9 Å². The molecule has 0 amide bonds. The largest absolute Gasteiger partial charge is 0.339 e. The topological polar surface area (TPSA) is 37.8 Å². The van der Waals surface area contributed by atoms with Crippen LogP contribution in [-0.4, -0.2) is 9.97 Å². The van der Waals surface area contributed by atoms with Gasteiger partial charge in [0.2, 0.25) is 5.28 Å². The molecule has 0 fully saturated rings. The summed E-state index contributed by atoms with van der Waals surface area (Å²) in [5, 5.41) is 5.52. The van der Waals surface area contributed by atoms with E-state index in [0.29, 0.717) is 0 Å². The van der Waals surface area contributed by atoms with Crippen LogP contribution >= 0.6 is 34.5 Å². The first-order valence-corrected chi connectivity index (χ1v) is 8.70. The number of fused-ring (bicyclic) bond motifs is 3. The maximum absolute atomic E-state index is 6.21. The van der Waals surface area contributed by atoms with Crippen molar-refractivity contribution in [3.63, 3.8) is 0 Å². The van der Waals surface area contributed by atoms with E-state index in [0.717, 1.165) is 45.1 Å². The first-order valence-electron chi connectivity index (χ1n) is 7.13. The lowest BCUT2D eigenvalue weighted by atomic mass is 10.1. The molecule has 112 valence electrons. The third-order valence-corrected chi connectivity index (χ3v) is 5.82. The second-order valence-electron chi connectivity index (χ2n) is 5.42. The number of rotatable bonds is 2. The highest BCUT2D eigenvalue weighted by atomic mass is 35.5. The average Bonchev–Trinajstić information content (AvgIpc) is 3.03. The molecule has 4 rings (SSSR count). The Balaban J connectivity index is 1.89. The molecule has 3 aromatic rings. The second kappa shape index (κ2) is 5.37. The summed E-state index contributed by atoms with van der Waals surface area (Å²) in [6.07, 6.45) is 3.42. The number of hydrogen-bond donors (Lipinski definition) is 1. The van der Waals surface area contributed by atoms with Crippen LogP contribution < -0.4 is 5.32 Å². The van der Waals surface area contributed by atoms with Crippen LogP contribution in [-0.2, 0) is 12.8 Å². The van der Waals surface area contributed by atoms with E-state index >= 15 is 0 Å². The van der Waals surface area contributed by atoms with Crippen molar-refractivity contribution in [3.05, 3.63) is 44.5 Å². The third-order valence-electron chi connectivity index (χ3n) is 4.06. The predicted octanol–water partition coefficient (Wildman–Crippen LogP) is 5.54. The molecule has 0 spiro atoms. The van der Waals surface area contributed by atoms with Crippen LogP contribution in [0.4, 0.5) is 11.5 Å². The summed E-state index contributed by atoms with van der Waals surface area (Å²) in [6.45, 7) is 1.99. The third kappa shape index (κ3) is 2.26. The van der Waals surface area contributed by atoms with Gasteiger partial charge in [0.1, 0.15) is 10.6 Å². The van der Waals surface area contributed by atoms with Crippen LogP contribution in [0.5, 0.6) is 0 Å². The lowest BCUT2D eigenvalue weighted by Crippen LogP contribution is -1.99. The quantitative estimate of drug-likeness (QED) is 0.617. The van der Waals surface area contributed by atoms with E-state index in [1.807, 2.05) is 25.1 Å². The molecule has 0 radical (unpaired) electrons. The molecule has 0 saturated heterocycles. The van der Waals surface area contributed by atoms with Crippen LogP contribution in [0.1, 0.15) is 22.4 Å². The Kier molecular flexibility index (Phi) is 3.48. The van der Waals surface area contributed by atoms with Gasteiger partial charge in [0.05, 0.1) is 5.39 Å². The zero-order valence-electron chi connectivity index (χ0n) is 11.9. The molecule has 0 atom stereocenters. The number of thiophene rings is 1. The van der Waals surface area contributed by atoms with Gasteiger partial charge < -0.3 is 5.32 Å². The van der Waals surface area contributed by atoms with Gasteiger partial charge in [-0.25, -0.2) is 4.98 Å². The maximum atomic E-state index is 6.21. The molecule has 2 heterocycles. The van der Waals surface area contributed by atoms with Gasteiger partial charge in [0.15, 0.2) is 0 Å². The van der Waals surface area contributed by atoms with Gasteiger partial charge in [-0.15, -0.1) is 11.3 Å². The van der Waals surface area contributed by atoms with Crippen molar-refractivity contribution >= 4 is 56.3 Å². The number of aryl methyl sites for hydroxylation is 2. The smallest absolute Gasteiger partial charge is 0.225 e. The molecule has 2 aromatic heterocycles. The molecule has 1 aromatic carbocycles. The zero-order chi connectivity index (χ0) is 15.3. The van der Waals surface area contributed by atoms with Crippen molar-refractivity contribution in [1.82, 2.24) is 9.97 Å². The molecule has 22 heavy (non-hydrogen) atoms. The minimum Gasteiger partial charge on any atom is -0.339 e. The Hall–Kier alpha value is -1.36. The van der Waals surface area contributed by atoms with E-state index in [2.05, 4.69) is 15.3 Å². The normalized spacial score (nSPS) is 13.6. The van der Waals surface area contributed by atoms with Gasteiger partial charge in [-0.2, -0.15) is 4.98 Å². The number of hydrogen-bond acceptors (Lipinski definition) is 4. The summed E-state index contributed by atoms with van der Waals surface area (Å²) in [4.78, 5) is 11.2. The van der Waals surface area contributed by atoms with E-state index in [1.54, 1.807) is 11.3 Å². The van der Waals surface area contributed by atoms with Crippen molar-refractivity contribution in [2.75, 3.05) is 5.32 Å². The van der Waals surface area contributed by atoms with Gasteiger partial charge in [-0.1, -0.05) is 17.7 Å². The van der Waals surface area contributed by atoms with E-state index < -0.39 is 0 Å². The molecule has 1 aliphatic rings. The van der Waals surface area contributed by atoms with Crippen molar-refractivity contribution in [3.8, 4) is 0 Å². The Morgan fingerprint density at radius 1 is 1.18 bits per heavy atom. The van der Waals surface area contributed by atoms with Gasteiger partial charge in [-0.05, 0) is 61.0 Å². The van der Waals surface area contributed by atoms with Crippen LogP contribution in [0, 0.1) is 6.92 Å². The monoisotopic (exact) mass is 349 g/mol. The molecule has 0 bridgehead atoms. The summed E-state index contributed by atoms with van der Waals surface area (Å²) >= 11 is 14.0. The molecule has 0 saturated carbocycles. The Bertz CT molecular complexity index is 889. The molecule has 1 N–H and O–H groups in total. The fourth-order valence-electron chi connectivity index (χ4n) is 2.93. The summed E-state index contributed by atoms with van der Waals surface area (Å²) in [7, 11) is 0. The highest BCUT2D eigenvalue weighted by molar-refractivity contribution is 7.19. The average molecular weight is 350 g/mol. The van der Waals surface area contributed by atoms with E-state index in [-0.39, 0.29) is 5.28 Å². The van der Waals surface area contributed by atoms with Crippen molar-refractivity contribution in [1.29, 1.82) is 0 Å². The van der Waals surface area contributed by atoms with E-state index in [4.69, 9.17) is 23.2 Å². The number of benzene rings is 1. The minimum absolute atomic E-state index is 0.273. The summed E-state index contributed by atoms with van der Waals surface area (Å²) in [5.41, 5.74) is 3.32. The Morgan fingerprint density at radius 2 is 2.05 bits per heavy atom. The molecule has 0 aliphatic heterocycles. The van der Waals surface area contributed by atoms with Crippen molar-refractivity contribution in [2.24, 2.45) is 0 Å². The van der Waals surface area contributed by atoms with Gasteiger partial charge in [0.25, 0.3) is 0 Å². The van der Waals surface area contributed by atoms with Gasteiger partial charge in [0, 0.05) is 15.6 Å². The summed E-state index contributed by atoms with van der Waals surface area (Å²) < 4.78 is 0. The van der Waals surface area contributed by atoms with Crippen molar-refractivity contribution < 1.29 is 0 Å². The lowest BCUT2D eigenvalue weighted by Gasteiger charge is -2.11. The number of anilines is 2. The lowest BCUT2D eigenvalue weighted by molar-refractivity contribution is 0.917. The highest BCUT2D eigenvalue weighted by Crippen LogP contribution is 2.41. The van der Waals surface area contributed by atoms with Crippen LogP contribution in [0.3, 0.4) is 0 Å². The SMILES string of the molecule is Cc1c(Cl)cccc1Nc1nc(Cl)nc2sc3c(c12)CCC3. The molecular formula is C16H13Cl2N3S. The predicted molar refractivity (Wildman–Crippen MR) is 93.9 cm³/mol. The molecule has 6 heteroatoms. The second-order valence-corrected chi connectivity index (χ2v) is 7.25. The minimum atomic E-state index is 0.273. The van der Waals surface area contributed by atoms with E-state index in [9.17, 15) is 0 Å². The Labute approximate surface area is 142 Å². The fraction of sp³-hybridized carbons (Fsp3) is 0.250. The zero-order valence-corrected chi connectivity index (χ0v) is 14.2. The number of nitrogens with zero attached hydrogens (tertiary/aromatic N) is 2. The maximum Gasteiger partial charge on any atom is 0.225 e. The van der Waals surface area contributed by atoms with Crippen LogP contribution in [0.2, 0.25) is 10.3 Å². The number of aromatic nitrogens is 2. The van der Waals surface area contributed by atoms with Crippen molar-refractivity contribution in [2.45, 2.75) is 26.2 Å². The standard InChI is InChI=1S/C16H13Cl2N3S/c1-8-10(17)5-3-6-11(8)19-14-13-9-4-2-7-12(9)22-15(13)21-16(18)20-14/h3,5-6H,2,4,7H2,1H3,(H,19,20,21). The molecule has 1 aliphatic carbocycles. The Morgan fingerprint density at radius 3 is 2.91 bits per heavy atom. The first kappa shape index (κ1) is 14.2. The first-order chi connectivity index (χ1) is 10.6. The van der Waals surface area contributed by atoms with Gasteiger partial charge in [-0.3, -0.25) is 0 Å². The summed E-state index contributed by atoms with van der Waals surface area (Å²) in [5.74, 6) is 0.778.